The van der Waals surface area contributed by atoms with Gasteiger partial charge in [-0.05, 0) is 30.4 Å². The van der Waals surface area contributed by atoms with Crippen LogP contribution in [0.3, 0.4) is 0 Å². The van der Waals surface area contributed by atoms with Crippen molar-refractivity contribution in [2.24, 2.45) is 11.7 Å². The molecular formula is C19H22F5N5O3. The van der Waals surface area contributed by atoms with Crippen molar-refractivity contribution in [1.82, 2.24) is 19.9 Å². The number of carboxylic acid groups (broad SMARTS) is 1. The molecule has 3 N–H and O–H groups in total. The molecule has 8 nitrogen and oxygen atoms in total. The van der Waals surface area contributed by atoms with Crippen LogP contribution >= 0.6 is 0 Å². The molecular weight excluding hydrogens is 441 g/mol. The predicted molar refractivity (Wildman–Crippen MR) is 101 cm³/mol. The largest absolute Gasteiger partial charge is 0.490 e. The number of benzene rings is 1. The third kappa shape index (κ3) is 7.55. The summed E-state index contributed by atoms with van der Waals surface area (Å²) >= 11 is 0. The first kappa shape index (κ1) is 25.2. The number of halogens is 5. The summed E-state index contributed by atoms with van der Waals surface area (Å²) in [7, 11) is 0. The van der Waals surface area contributed by atoms with Crippen molar-refractivity contribution in [2.75, 3.05) is 13.1 Å². The Morgan fingerprint density at radius 3 is 2.31 bits per heavy atom. The van der Waals surface area contributed by atoms with Gasteiger partial charge in [0.1, 0.15) is 11.6 Å². The van der Waals surface area contributed by atoms with Crippen molar-refractivity contribution in [3.63, 3.8) is 0 Å². The van der Waals surface area contributed by atoms with Crippen molar-refractivity contribution in [3.05, 3.63) is 47.3 Å². The summed E-state index contributed by atoms with van der Waals surface area (Å²) in [6.07, 6.45) is -1.57. The van der Waals surface area contributed by atoms with Gasteiger partial charge in [0.05, 0.1) is 12.1 Å². The molecule has 1 fully saturated rings. The van der Waals surface area contributed by atoms with Crippen molar-refractivity contribution in [3.8, 4) is 0 Å². The van der Waals surface area contributed by atoms with Crippen LogP contribution in [0.4, 0.5) is 22.0 Å². The van der Waals surface area contributed by atoms with E-state index in [9.17, 15) is 26.7 Å². The Bertz CT molecular complexity index is 926. The van der Waals surface area contributed by atoms with Crippen LogP contribution in [0.25, 0.3) is 0 Å². The number of likely N-dealkylation sites (tertiary alicyclic amines) is 1. The Morgan fingerprint density at radius 2 is 1.81 bits per heavy atom. The average Bonchev–Trinajstić information content (AvgIpc) is 3.18. The fourth-order valence-corrected chi connectivity index (χ4v) is 3.09. The zero-order valence-corrected chi connectivity index (χ0v) is 16.9. The number of carbonyl (C=O) groups excluding carboxylic acids is 1. The maximum Gasteiger partial charge on any atom is 0.490 e. The van der Waals surface area contributed by atoms with E-state index in [1.54, 1.807) is 9.58 Å². The molecule has 0 saturated carbocycles. The summed E-state index contributed by atoms with van der Waals surface area (Å²) in [6.45, 7) is 2.38. The van der Waals surface area contributed by atoms with E-state index < -0.39 is 23.8 Å². The molecule has 176 valence electrons. The number of nitrogens with zero attached hydrogens (tertiary/aromatic N) is 4. The lowest BCUT2D eigenvalue weighted by Gasteiger charge is -2.32. The van der Waals surface area contributed by atoms with Gasteiger partial charge in [0, 0.05) is 38.4 Å². The number of amides is 1. The third-order valence-electron chi connectivity index (χ3n) is 4.81. The average molecular weight is 463 g/mol. The van der Waals surface area contributed by atoms with E-state index in [2.05, 4.69) is 10.3 Å². The second kappa shape index (κ2) is 11.0. The molecule has 1 amide bonds. The second-order valence-electron chi connectivity index (χ2n) is 7.18. The van der Waals surface area contributed by atoms with Gasteiger partial charge < -0.3 is 15.7 Å². The predicted octanol–water partition coefficient (Wildman–Crippen LogP) is 2.13. The van der Waals surface area contributed by atoms with E-state index in [1.165, 1.54) is 12.1 Å². The monoisotopic (exact) mass is 463 g/mol. The van der Waals surface area contributed by atoms with Gasteiger partial charge in [-0.3, -0.25) is 9.48 Å². The smallest absolute Gasteiger partial charge is 0.475 e. The molecule has 1 aliphatic heterocycles. The van der Waals surface area contributed by atoms with E-state index in [0.29, 0.717) is 25.6 Å². The number of piperidine rings is 1. The Morgan fingerprint density at radius 1 is 1.19 bits per heavy atom. The molecule has 13 heteroatoms. The molecule has 1 aliphatic rings. The Kier molecular flexibility index (Phi) is 8.63. The van der Waals surface area contributed by atoms with Crippen LogP contribution in [-0.2, 0) is 29.1 Å². The molecule has 1 aromatic heterocycles. The molecule has 0 aliphatic carbocycles. The number of aliphatic carboxylic acids is 1. The van der Waals surface area contributed by atoms with Gasteiger partial charge in [-0.2, -0.15) is 13.2 Å². The van der Waals surface area contributed by atoms with Gasteiger partial charge in [-0.1, -0.05) is 11.3 Å². The highest BCUT2D eigenvalue weighted by molar-refractivity contribution is 5.78. The summed E-state index contributed by atoms with van der Waals surface area (Å²) < 4.78 is 60.1. The van der Waals surface area contributed by atoms with Gasteiger partial charge in [0.25, 0.3) is 0 Å². The van der Waals surface area contributed by atoms with E-state index >= 15 is 0 Å². The summed E-state index contributed by atoms with van der Waals surface area (Å²) in [4.78, 5) is 23.0. The molecule has 0 unspecified atom stereocenters. The molecule has 1 aromatic carbocycles. The maximum absolute atomic E-state index is 13.7. The van der Waals surface area contributed by atoms with Crippen LogP contribution in [0.15, 0.2) is 24.4 Å². The van der Waals surface area contributed by atoms with Gasteiger partial charge in [-0.25, -0.2) is 13.6 Å². The Hall–Kier alpha value is -3.09. The van der Waals surface area contributed by atoms with E-state index in [0.717, 1.165) is 31.1 Å². The molecule has 2 heterocycles. The van der Waals surface area contributed by atoms with Crippen LogP contribution in [0.1, 0.15) is 24.1 Å². The highest BCUT2D eigenvalue weighted by Gasteiger charge is 2.38. The maximum atomic E-state index is 13.7. The Labute approximate surface area is 179 Å². The number of hydrogen-bond donors (Lipinski definition) is 2. The summed E-state index contributed by atoms with van der Waals surface area (Å²) in [5, 5.41) is 15.1. The topological polar surface area (TPSA) is 114 Å². The fourth-order valence-electron chi connectivity index (χ4n) is 3.09. The fraction of sp³-hybridized carbons (Fsp3) is 0.474. The Balaban J connectivity index is 0.000000451. The zero-order valence-electron chi connectivity index (χ0n) is 16.9. The molecule has 1 saturated heterocycles. The number of hydrogen-bond acceptors (Lipinski definition) is 5. The standard InChI is InChI=1S/C17H21F2N5O.C2HF3O2/c18-14-2-1-13(16(19)8-14)7-17(25)23-5-3-12(4-6-23)10-24-11-15(9-20)21-22-24;3-2(4,5)1(6)7/h1-2,8,11-12H,3-7,9-10,20H2;(H,6,7). The number of nitrogens with two attached hydrogens (primary N) is 1. The number of rotatable bonds is 5. The number of alkyl halides is 3. The zero-order chi connectivity index (χ0) is 23.9. The van der Waals surface area contributed by atoms with Crippen LogP contribution in [0, 0.1) is 17.6 Å². The minimum Gasteiger partial charge on any atom is -0.475 e. The molecule has 2 aromatic rings. The summed E-state index contributed by atoms with van der Waals surface area (Å²) in [5.74, 6) is -3.79. The van der Waals surface area contributed by atoms with Crippen molar-refractivity contribution < 1.29 is 36.6 Å². The lowest BCUT2D eigenvalue weighted by molar-refractivity contribution is -0.192. The van der Waals surface area contributed by atoms with Gasteiger partial charge >= 0.3 is 12.1 Å². The van der Waals surface area contributed by atoms with Crippen LogP contribution in [-0.4, -0.2) is 56.1 Å². The molecule has 0 spiro atoms. The summed E-state index contributed by atoms with van der Waals surface area (Å²) in [6, 6.07) is 3.31. The first-order chi connectivity index (χ1) is 15.0. The first-order valence-electron chi connectivity index (χ1n) is 9.60. The molecule has 0 bridgehead atoms. The highest BCUT2D eigenvalue weighted by atomic mass is 19.4. The van der Waals surface area contributed by atoms with Crippen LogP contribution in [0.5, 0.6) is 0 Å². The molecule has 32 heavy (non-hydrogen) atoms. The molecule has 0 radical (unpaired) electrons. The van der Waals surface area contributed by atoms with Gasteiger partial charge in [0.2, 0.25) is 5.91 Å². The summed E-state index contributed by atoms with van der Waals surface area (Å²) in [5.41, 5.74) is 6.51. The van der Waals surface area contributed by atoms with Gasteiger partial charge in [-0.15, -0.1) is 5.10 Å². The number of aromatic nitrogens is 3. The lowest BCUT2D eigenvalue weighted by Crippen LogP contribution is -2.40. The van der Waals surface area contributed by atoms with Crippen LogP contribution < -0.4 is 5.73 Å². The number of carboxylic acids is 1. The van der Waals surface area contributed by atoms with Crippen LogP contribution in [0.2, 0.25) is 0 Å². The molecule has 0 atom stereocenters. The second-order valence-corrected chi connectivity index (χ2v) is 7.18. The van der Waals surface area contributed by atoms with Crippen molar-refractivity contribution in [2.45, 2.75) is 38.5 Å². The van der Waals surface area contributed by atoms with E-state index in [-0.39, 0.29) is 17.9 Å². The van der Waals surface area contributed by atoms with Crippen molar-refractivity contribution >= 4 is 11.9 Å². The minimum atomic E-state index is -5.08. The minimum absolute atomic E-state index is 0.0419. The third-order valence-corrected chi connectivity index (χ3v) is 4.81. The normalized spacial score (nSPS) is 14.6. The van der Waals surface area contributed by atoms with E-state index in [1.807, 2.05) is 6.20 Å². The lowest BCUT2D eigenvalue weighted by atomic mass is 9.96. The number of carbonyl (C=O) groups is 2. The molecule has 3 rings (SSSR count). The first-order valence-corrected chi connectivity index (χ1v) is 9.60. The quantitative estimate of drug-likeness (QED) is 0.657. The van der Waals surface area contributed by atoms with Gasteiger partial charge in [0.15, 0.2) is 0 Å². The SMILES string of the molecule is NCc1cn(CC2CCN(C(=O)Cc3ccc(F)cc3F)CC2)nn1.O=C(O)C(F)(F)F. The van der Waals surface area contributed by atoms with E-state index in [4.69, 9.17) is 15.6 Å². The van der Waals surface area contributed by atoms with Crippen molar-refractivity contribution in [1.29, 1.82) is 0 Å². The highest BCUT2D eigenvalue weighted by Crippen LogP contribution is 2.20.